The Hall–Kier alpha value is -0.940. The fourth-order valence-electron chi connectivity index (χ4n) is 2.17. The summed E-state index contributed by atoms with van der Waals surface area (Å²) in [6.45, 7) is 3.66. The third-order valence-electron chi connectivity index (χ3n) is 2.88. The highest BCUT2D eigenvalue weighted by Gasteiger charge is 2.51. The van der Waals surface area contributed by atoms with Crippen molar-refractivity contribution in [2.24, 2.45) is 0 Å². The number of alkyl halides is 1. The summed E-state index contributed by atoms with van der Waals surface area (Å²) in [5.41, 5.74) is 0. The van der Waals surface area contributed by atoms with E-state index in [0.717, 1.165) is 0 Å². The monoisotopic (exact) mass is 430 g/mol. The van der Waals surface area contributed by atoms with Crippen LogP contribution >= 0.6 is 22.6 Å². The zero-order valence-corrected chi connectivity index (χ0v) is 14.9. The summed E-state index contributed by atoms with van der Waals surface area (Å²) in [5, 5.41) is 0. The molecule has 9 heteroatoms. The average Bonchev–Trinajstić information content (AvgIpc) is 2.41. The Morgan fingerprint density at radius 3 is 1.77 bits per heavy atom. The van der Waals surface area contributed by atoms with Crippen molar-refractivity contribution in [3.05, 3.63) is 0 Å². The molecule has 0 spiro atoms. The van der Waals surface area contributed by atoms with Gasteiger partial charge in [0.15, 0.2) is 24.6 Å². The topological polar surface area (TPSA) is 97.4 Å². The Kier molecular flexibility index (Phi) is 7.49. The number of rotatable bonds is 5. The summed E-state index contributed by atoms with van der Waals surface area (Å²) in [6, 6.07) is 0. The first-order valence-electron chi connectivity index (χ1n) is 6.56. The minimum Gasteiger partial charge on any atom is -0.456 e. The SMILES string of the molecule is COC1OC(CI)C(OC(C)=O)C(OC(C)=O)C1OC(C)=O. The highest BCUT2D eigenvalue weighted by Crippen LogP contribution is 2.30. The van der Waals surface area contributed by atoms with E-state index in [9.17, 15) is 14.4 Å². The number of methoxy groups -OCH3 is 1. The molecule has 0 bridgehead atoms. The maximum atomic E-state index is 11.4. The van der Waals surface area contributed by atoms with Gasteiger partial charge in [-0.15, -0.1) is 0 Å². The molecular formula is C13H19IO8. The molecular weight excluding hydrogens is 411 g/mol. The lowest BCUT2D eigenvalue weighted by molar-refractivity contribution is -0.293. The molecule has 0 aromatic rings. The van der Waals surface area contributed by atoms with Crippen LogP contribution in [0.5, 0.6) is 0 Å². The molecule has 0 radical (unpaired) electrons. The standard InChI is InChI=1S/C13H19IO8/c1-6(15)19-10-9(5-14)22-13(18-4)12(21-8(3)17)11(10)20-7(2)16/h9-13H,5H2,1-4H3. The molecule has 1 saturated heterocycles. The Labute approximate surface area is 141 Å². The third kappa shape index (κ3) is 5.06. The number of ether oxygens (including phenoxy) is 5. The molecule has 0 aromatic carbocycles. The summed E-state index contributed by atoms with van der Waals surface area (Å²) in [5.74, 6) is -1.75. The first kappa shape index (κ1) is 19.1. The molecule has 126 valence electrons. The Bertz CT molecular complexity index is 396. The van der Waals surface area contributed by atoms with E-state index in [0.29, 0.717) is 4.43 Å². The van der Waals surface area contributed by atoms with Gasteiger partial charge in [0.1, 0.15) is 6.10 Å². The van der Waals surface area contributed by atoms with E-state index in [2.05, 4.69) is 22.6 Å². The van der Waals surface area contributed by atoms with E-state index in [-0.39, 0.29) is 0 Å². The van der Waals surface area contributed by atoms with E-state index in [1.165, 1.54) is 27.9 Å². The number of carbonyl (C=O) groups is 3. The van der Waals surface area contributed by atoms with E-state index in [1.807, 2.05) is 0 Å². The van der Waals surface area contributed by atoms with Crippen LogP contribution in [0.25, 0.3) is 0 Å². The number of hydrogen-bond donors (Lipinski definition) is 0. The smallest absolute Gasteiger partial charge is 0.303 e. The van der Waals surface area contributed by atoms with Crippen LogP contribution in [-0.2, 0) is 38.1 Å². The molecule has 0 N–H and O–H groups in total. The molecule has 5 atom stereocenters. The van der Waals surface area contributed by atoms with Gasteiger partial charge >= 0.3 is 17.9 Å². The number of carbonyl (C=O) groups excluding carboxylic acids is 3. The van der Waals surface area contributed by atoms with Crippen molar-refractivity contribution in [3.8, 4) is 0 Å². The highest BCUT2D eigenvalue weighted by atomic mass is 127. The van der Waals surface area contributed by atoms with E-state index < -0.39 is 48.6 Å². The van der Waals surface area contributed by atoms with Gasteiger partial charge in [0.2, 0.25) is 0 Å². The van der Waals surface area contributed by atoms with Crippen molar-refractivity contribution in [3.63, 3.8) is 0 Å². The van der Waals surface area contributed by atoms with Crippen LogP contribution in [0.15, 0.2) is 0 Å². The second kappa shape index (κ2) is 8.63. The van der Waals surface area contributed by atoms with Gasteiger partial charge in [0.05, 0.1) is 0 Å². The molecule has 22 heavy (non-hydrogen) atoms. The molecule has 0 aliphatic carbocycles. The van der Waals surface area contributed by atoms with Crippen LogP contribution in [0.1, 0.15) is 20.8 Å². The van der Waals surface area contributed by atoms with Crippen LogP contribution in [0.2, 0.25) is 0 Å². The lowest BCUT2D eigenvalue weighted by atomic mass is 9.99. The maximum Gasteiger partial charge on any atom is 0.303 e. The second-order valence-electron chi connectivity index (χ2n) is 4.66. The number of hydrogen-bond acceptors (Lipinski definition) is 8. The predicted octanol–water partition coefficient (Wildman–Crippen LogP) is 0.588. The molecule has 1 heterocycles. The second-order valence-corrected chi connectivity index (χ2v) is 5.54. The maximum absolute atomic E-state index is 11.4. The molecule has 0 amide bonds. The van der Waals surface area contributed by atoms with Crippen molar-refractivity contribution in [2.45, 2.75) is 51.5 Å². The van der Waals surface area contributed by atoms with Gasteiger partial charge in [-0.05, 0) is 0 Å². The zero-order chi connectivity index (χ0) is 16.9. The van der Waals surface area contributed by atoms with Crippen LogP contribution < -0.4 is 0 Å². The zero-order valence-electron chi connectivity index (χ0n) is 12.7. The number of halogens is 1. The lowest BCUT2D eigenvalue weighted by Gasteiger charge is -2.43. The van der Waals surface area contributed by atoms with Crippen LogP contribution in [0.3, 0.4) is 0 Å². The van der Waals surface area contributed by atoms with E-state index >= 15 is 0 Å². The van der Waals surface area contributed by atoms with Gasteiger partial charge in [-0.2, -0.15) is 0 Å². The lowest BCUT2D eigenvalue weighted by Crippen LogP contribution is -2.62. The fourth-order valence-corrected chi connectivity index (χ4v) is 2.88. The molecule has 0 aromatic heterocycles. The van der Waals surface area contributed by atoms with Gasteiger partial charge in [-0.1, -0.05) is 22.6 Å². The minimum atomic E-state index is -1.03. The van der Waals surface area contributed by atoms with Crippen LogP contribution in [0.4, 0.5) is 0 Å². The number of esters is 3. The fraction of sp³-hybridized carbons (Fsp3) is 0.769. The van der Waals surface area contributed by atoms with Gasteiger partial charge < -0.3 is 23.7 Å². The summed E-state index contributed by atoms with van der Waals surface area (Å²) in [4.78, 5) is 34.0. The van der Waals surface area contributed by atoms with Gasteiger partial charge in [-0.3, -0.25) is 14.4 Å². The molecule has 1 fully saturated rings. The van der Waals surface area contributed by atoms with Gasteiger partial charge in [0.25, 0.3) is 0 Å². The van der Waals surface area contributed by atoms with Crippen molar-refractivity contribution in [1.82, 2.24) is 0 Å². The molecule has 8 nitrogen and oxygen atoms in total. The van der Waals surface area contributed by atoms with E-state index in [1.54, 1.807) is 0 Å². The van der Waals surface area contributed by atoms with Crippen LogP contribution in [-0.4, -0.2) is 60.2 Å². The summed E-state index contributed by atoms with van der Waals surface area (Å²) < 4.78 is 26.9. The first-order valence-corrected chi connectivity index (χ1v) is 8.08. The van der Waals surface area contributed by atoms with Gasteiger partial charge in [-0.25, -0.2) is 0 Å². The molecule has 5 unspecified atom stereocenters. The Morgan fingerprint density at radius 1 is 0.909 bits per heavy atom. The molecule has 0 saturated carbocycles. The molecule has 1 rings (SSSR count). The summed E-state index contributed by atoms with van der Waals surface area (Å²) >= 11 is 2.05. The third-order valence-corrected chi connectivity index (χ3v) is 3.75. The van der Waals surface area contributed by atoms with Crippen molar-refractivity contribution >= 4 is 40.5 Å². The van der Waals surface area contributed by atoms with E-state index in [4.69, 9.17) is 23.7 Å². The summed E-state index contributed by atoms with van der Waals surface area (Å²) in [7, 11) is 1.38. The minimum absolute atomic E-state index is 0.458. The summed E-state index contributed by atoms with van der Waals surface area (Å²) in [6.07, 6.45) is -4.43. The quantitative estimate of drug-likeness (QED) is 0.271. The Balaban J connectivity index is 3.14. The largest absolute Gasteiger partial charge is 0.456 e. The van der Waals surface area contributed by atoms with Gasteiger partial charge in [0, 0.05) is 32.3 Å². The molecule has 1 aliphatic heterocycles. The molecule has 1 aliphatic rings. The van der Waals surface area contributed by atoms with Crippen molar-refractivity contribution in [2.75, 3.05) is 11.5 Å². The normalized spacial score (nSPS) is 31.2. The Morgan fingerprint density at radius 2 is 1.36 bits per heavy atom. The predicted molar refractivity (Wildman–Crippen MR) is 81.2 cm³/mol. The van der Waals surface area contributed by atoms with Crippen LogP contribution in [0, 0.1) is 0 Å². The highest BCUT2D eigenvalue weighted by molar-refractivity contribution is 14.1. The van der Waals surface area contributed by atoms with Crippen molar-refractivity contribution < 1.29 is 38.1 Å². The average molecular weight is 430 g/mol. The van der Waals surface area contributed by atoms with Crippen molar-refractivity contribution in [1.29, 1.82) is 0 Å². The first-order chi connectivity index (χ1) is 10.3.